The molecule has 1 aromatic rings. The molecule has 0 aliphatic carbocycles. The molecule has 0 fully saturated rings. The quantitative estimate of drug-likeness (QED) is 0.781. The minimum Gasteiger partial charge on any atom is -0.480 e. The zero-order valence-electron chi connectivity index (χ0n) is 12.0. The maximum absolute atomic E-state index is 11.5. The number of benzene rings is 1. The molecule has 0 aromatic heterocycles. The summed E-state index contributed by atoms with van der Waals surface area (Å²) < 4.78 is 0. The summed E-state index contributed by atoms with van der Waals surface area (Å²) in [4.78, 5) is 15.7. The molecule has 1 rings (SSSR count). The molecule has 19 heavy (non-hydrogen) atoms. The topological polar surface area (TPSA) is 43.8 Å². The lowest BCUT2D eigenvalue weighted by molar-refractivity contribution is -0.143. The third kappa shape index (κ3) is 5.01. The summed E-state index contributed by atoms with van der Waals surface area (Å²) in [6, 6.07) is 8.90. The number of likely N-dealkylation sites (N-methyl/N-ethyl adjacent to an activating group) is 1. The van der Waals surface area contributed by atoms with Crippen LogP contribution < -0.4 is 0 Å². The fourth-order valence-electron chi connectivity index (χ4n) is 2.20. The Morgan fingerprint density at radius 3 is 2.32 bits per heavy atom. The van der Waals surface area contributed by atoms with Crippen molar-refractivity contribution in [2.24, 2.45) is 0 Å². The summed E-state index contributed by atoms with van der Waals surface area (Å²) in [5.74, 6) is -0.780. The van der Waals surface area contributed by atoms with Gasteiger partial charge in [-0.2, -0.15) is 0 Å². The highest BCUT2D eigenvalue weighted by atomic mass is 16.4. The number of carbonyl (C=O) groups is 1. The summed E-state index contributed by atoms with van der Waals surface area (Å²) in [6.07, 6.45) is 0.970. The van der Waals surface area contributed by atoms with Crippen LogP contribution in [-0.2, 0) is 4.79 Å². The zero-order chi connectivity index (χ0) is 14.3. The van der Waals surface area contributed by atoms with Crippen molar-refractivity contribution in [3.8, 4) is 0 Å². The second-order valence-corrected chi connectivity index (χ2v) is 4.94. The number of hydrogen-bond donors (Lipinski definition) is 1. The average Bonchev–Trinajstić information content (AvgIpc) is 2.37. The van der Waals surface area contributed by atoms with Crippen molar-refractivity contribution in [3.05, 3.63) is 35.9 Å². The molecule has 0 saturated heterocycles. The standard InChI is InChI=1S/C15H24N2O2/c1-4-17(12-8-11-16(2)3)14(15(18)19)13-9-6-5-7-10-13/h5-7,9-10,14H,4,8,11-12H2,1-3H3,(H,18,19). The van der Waals surface area contributed by atoms with E-state index in [0.717, 1.165) is 31.6 Å². The van der Waals surface area contributed by atoms with Crippen molar-refractivity contribution in [1.82, 2.24) is 9.80 Å². The van der Waals surface area contributed by atoms with Crippen LogP contribution in [0.25, 0.3) is 0 Å². The summed E-state index contributed by atoms with van der Waals surface area (Å²) >= 11 is 0. The second kappa shape index (κ2) is 7.92. The Balaban J connectivity index is 2.75. The molecule has 106 valence electrons. The van der Waals surface area contributed by atoms with Crippen LogP contribution in [-0.4, -0.2) is 54.6 Å². The van der Waals surface area contributed by atoms with Gasteiger partial charge in [-0.15, -0.1) is 0 Å². The van der Waals surface area contributed by atoms with Gasteiger partial charge in [-0.1, -0.05) is 37.3 Å². The van der Waals surface area contributed by atoms with Gasteiger partial charge in [-0.3, -0.25) is 9.69 Å². The fraction of sp³-hybridized carbons (Fsp3) is 0.533. The Morgan fingerprint density at radius 2 is 1.84 bits per heavy atom. The van der Waals surface area contributed by atoms with Gasteiger partial charge in [0, 0.05) is 6.54 Å². The SMILES string of the molecule is CCN(CCCN(C)C)C(C(=O)O)c1ccccc1. The molecule has 0 bridgehead atoms. The third-order valence-electron chi connectivity index (χ3n) is 3.17. The van der Waals surface area contributed by atoms with Crippen LogP contribution in [0.2, 0.25) is 0 Å². The number of rotatable bonds is 8. The lowest BCUT2D eigenvalue weighted by Gasteiger charge is -2.28. The van der Waals surface area contributed by atoms with Gasteiger partial charge >= 0.3 is 5.97 Å². The molecule has 4 heteroatoms. The smallest absolute Gasteiger partial charge is 0.325 e. The molecule has 0 amide bonds. The van der Waals surface area contributed by atoms with E-state index in [1.807, 2.05) is 56.3 Å². The van der Waals surface area contributed by atoms with E-state index in [2.05, 4.69) is 4.90 Å². The molecule has 0 spiro atoms. The van der Waals surface area contributed by atoms with Gasteiger partial charge in [0.25, 0.3) is 0 Å². The maximum Gasteiger partial charge on any atom is 0.325 e. The van der Waals surface area contributed by atoms with E-state index < -0.39 is 12.0 Å². The van der Waals surface area contributed by atoms with E-state index >= 15 is 0 Å². The Kier molecular flexibility index (Phi) is 6.53. The predicted octanol–water partition coefficient (Wildman–Crippen LogP) is 2.09. The first kappa shape index (κ1) is 15.7. The van der Waals surface area contributed by atoms with E-state index in [-0.39, 0.29) is 0 Å². The van der Waals surface area contributed by atoms with E-state index in [1.165, 1.54) is 0 Å². The molecule has 0 aliphatic heterocycles. The lowest BCUT2D eigenvalue weighted by Crippen LogP contribution is -2.35. The number of aliphatic carboxylic acids is 1. The Labute approximate surface area is 115 Å². The van der Waals surface area contributed by atoms with Crippen molar-refractivity contribution in [2.45, 2.75) is 19.4 Å². The largest absolute Gasteiger partial charge is 0.480 e. The van der Waals surface area contributed by atoms with Crippen LogP contribution in [0.3, 0.4) is 0 Å². The highest BCUT2D eigenvalue weighted by Gasteiger charge is 2.25. The van der Waals surface area contributed by atoms with E-state index in [1.54, 1.807) is 0 Å². The number of carboxylic acid groups (broad SMARTS) is 1. The second-order valence-electron chi connectivity index (χ2n) is 4.94. The molecule has 1 unspecified atom stereocenters. The van der Waals surface area contributed by atoms with E-state index in [9.17, 15) is 9.90 Å². The molecule has 1 aromatic carbocycles. The van der Waals surface area contributed by atoms with Gasteiger partial charge in [0.1, 0.15) is 6.04 Å². The van der Waals surface area contributed by atoms with Crippen molar-refractivity contribution >= 4 is 5.97 Å². The van der Waals surface area contributed by atoms with E-state index in [0.29, 0.717) is 0 Å². The minimum atomic E-state index is -0.780. The first-order valence-corrected chi connectivity index (χ1v) is 6.72. The van der Waals surface area contributed by atoms with Crippen molar-refractivity contribution < 1.29 is 9.90 Å². The highest BCUT2D eigenvalue weighted by molar-refractivity contribution is 5.75. The number of carboxylic acids is 1. The average molecular weight is 264 g/mol. The van der Waals surface area contributed by atoms with Gasteiger partial charge in [-0.05, 0) is 39.2 Å². The van der Waals surface area contributed by atoms with Crippen LogP contribution in [0.5, 0.6) is 0 Å². The summed E-state index contributed by atoms with van der Waals surface area (Å²) in [5, 5.41) is 9.48. The fourth-order valence-corrected chi connectivity index (χ4v) is 2.20. The van der Waals surface area contributed by atoms with Gasteiger partial charge in [0.05, 0.1) is 0 Å². The molecule has 4 nitrogen and oxygen atoms in total. The molecule has 0 saturated carbocycles. The molecular formula is C15H24N2O2. The van der Waals surface area contributed by atoms with Crippen LogP contribution in [0, 0.1) is 0 Å². The first-order valence-electron chi connectivity index (χ1n) is 6.72. The van der Waals surface area contributed by atoms with Crippen molar-refractivity contribution in [3.63, 3.8) is 0 Å². The van der Waals surface area contributed by atoms with E-state index in [4.69, 9.17) is 0 Å². The lowest BCUT2D eigenvalue weighted by atomic mass is 10.1. The molecule has 1 N–H and O–H groups in total. The van der Waals surface area contributed by atoms with Gasteiger partial charge in [-0.25, -0.2) is 0 Å². The van der Waals surface area contributed by atoms with Crippen molar-refractivity contribution in [1.29, 1.82) is 0 Å². The Morgan fingerprint density at radius 1 is 1.21 bits per heavy atom. The van der Waals surface area contributed by atoms with Crippen LogP contribution in [0.4, 0.5) is 0 Å². The zero-order valence-corrected chi connectivity index (χ0v) is 12.0. The number of hydrogen-bond acceptors (Lipinski definition) is 3. The van der Waals surface area contributed by atoms with Crippen molar-refractivity contribution in [2.75, 3.05) is 33.7 Å². The normalized spacial score (nSPS) is 12.9. The van der Waals surface area contributed by atoms with Gasteiger partial charge in [0.15, 0.2) is 0 Å². The maximum atomic E-state index is 11.5. The molecule has 0 aliphatic rings. The summed E-state index contributed by atoms with van der Waals surface area (Å²) in [6.45, 7) is 4.51. The Hall–Kier alpha value is -1.39. The van der Waals surface area contributed by atoms with Crippen LogP contribution in [0.15, 0.2) is 30.3 Å². The third-order valence-corrected chi connectivity index (χ3v) is 3.17. The molecule has 0 heterocycles. The first-order chi connectivity index (χ1) is 9.06. The molecular weight excluding hydrogens is 240 g/mol. The highest BCUT2D eigenvalue weighted by Crippen LogP contribution is 2.20. The van der Waals surface area contributed by atoms with Gasteiger partial charge < -0.3 is 10.0 Å². The minimum absolute atomic E-state index is 0.548. The van der Waals surface area contributed by atoms with Gasteiger partial charge in [0.2, 0.25) is 0 Å². The van der Waals surface area contributed by atoms with Crippen LogP contribution in [0.1, 0.15) is 24.9 Å². The predicted molar refractivity (Wildman–Crippen MR) is 77.2 cm³/mol. The monoisotopic (exact) mass is 264 g/mol. The van der Waals surface area contributed by atoms with Crippen LogP contribution >= 0.6 is 0 Å². The Bertz CT molecular complexity index is 379. The number of nitrogens with zero attached hydrogens (tertiary/aromatic N) is 2. The summed E-state index contributed by atoms with van der Waals surface area (Å²) in [5.41, 5.74) is 0.849. The molecule has 0 radical (unpaired) electrons. The summed E-state index contributed by atoms with van der Waals surface area (Å²) in [7, 11) is 4.06. The molecule has 1 atom stereocenters.